The smallest absolute Gasteiger partial charge is 0.345 e. The standard InChI is InChI=1S/C33H33N5O5/c1-20-28(21(2)37-33(41)36-20)9-10-30(39)38-13-11-22-15-26-7-8-29(22)31(38)23-5-3-6-25(16-23)42-14-4-12-35-32(40)24-17-27(43-26)19-34-18-24/h3,5-8,15-19,31H,4,9-14H2,1-2H3,(H,35,40)(H,36,37,41). The summed E-state index contributed by atoms with van der Waals surface area (Å²) in [7, 11) is 0. The third kappa shape index (κ3) is 6.13. The maximum atomic E-state index is 13.9. The lowest BCUT2D eigenvalue weighted by molar-refractivity contribution is -0.133. The minimum Gasteiger partial charge on any atom is -0.494 e. The van der Waals surface area contributed by atoms with Crippen molar-refractivity contribution in [3.05, 3.63) is 111 Å². The lowest BCUT2D eigenvalue weighted by Gasteiger charge is -2.38. The molecule has 2 amide bonds. The number of hydrogen-bond acceptors (Lipinski definition) is 7. The van der Waals surface area contributed by atoms with Gasteiger partial charge in [-0.3, -0.25) is 14.6 Å². The van der Waals surface area contributed by atoms with Crippen LogP contribution < -0.4 is 20.5 Å². The number of H-pyrrole nitrogens is 1. The van der Waals surface area contributed by atoms with Crippen LogP contribution in [0, 0.1) is 13.8 Å². The minimum atomic E-state index is -0.380. The van der Waals surface area contributed by atoms with Gasteiger partial charge in [0.1, 0.15) is 17.2 Å². The normalized spacial score (nSPS) is 16.4. The Balaban J connectivity index is 1.35. The molecule has 4 aromatic rings. The van der Waals surface area contributed by atoms with Gasteiger partial charge in [0.2, 0.25) is 5.91 Å². The zero-order valence-corrected chi connectivity index (χ0v) is 24.2. The largest absolute Gasteiger partial charge is 0.494 e. The molecule has 0 aliphatic carbocycles. The number of aryl methyl sites for hydroxylation is 2. The van der Waals surface area contributed by atoms with Crippen LogP contribution in [0.3, 0.4) is 0 Å². The third-order valence-corrected chi connectivity index (χ3v) is 7.97. The van der Waals surface area contributed by atoms with Crippen LogP contribution in [0.1, 0.15) is 62.9 Å². The van der Waals surface area contributed by atoms with Crippen LogP contribution in [0.4, 0.5) is 0 Å². The minimum absolute atomic E-state index is 0.0214. The Morgan fingerprint density at radius 2 is 1.93 bits per heavy atom. The van der Waals surface area contributed by atoms with E-state index in [0.717, 1.165) is 27.9 Å². The molecule has 10 heteroatoms. The van der Waals surface area contributed by atoms with Crippen molar-refractivity contribution in [1.29, 1.82) is 0 Å². The molecule has 3 aliphatic rings. The molecule has 0 radical (unpaired) electrons. The lowest BCUT2D eigenvalue weighted by Crippen LogP contribution is -2.40. The van der Waals surface area contributed by atoms with Gasteiger partial charge in [-0.15, -0.1) is 0 Å². The number of benzene rings is 2. The van der Waals surface area contributed by atoms with Gasteiger partial charge in [0.05, 0.1) is 24.4 Å². The Kier molecular flexibility index (Phi) is 7.91. The van der Waals surface area contributed by atoms with Gasteiger partial charge in [-0.1, -0.05) is 18.2 Å². The first-order chi connectivity index (χ1) is 20.9. The third-order valence-electron chi connectivity index (χ3n) is 7.97. The summed E-state index contributed by atoms with van der Waals surface area (Å²) < 4.78 is 12.2. The summed E-state index contributed by atoms with van der Waals surface area (Å²) in [6, 6.07) is 15.1. The molecular weight excluding hydrogens is 546 g/mol. The van der Waals surface area contributed by atoms with Gasteiger partial charge < -0.3 is 24.7 Å². The summed E-state index contributed by atoms with van der Waals surface area (Å²) in [6.45, 7) is 5.04. The Bertz CT molecular complexity index is 1720. The molecule has 220 valence electrons. The fraction of sp³-hybridized carbons (Fsp3) is 0.303. The molecule has 8 bridgehead atoms. The fourth-order valence-corrected chi connectivity index (χ4v) is 5.87. The number of carbonyl (C=O) groups is 2. The van der Waals surface area contributed by atoms with Gasteiger partial charge in [0.25, 0.3) is 5.91 Å². The SMILES string of the molecule is Cc1nc(=O)[nH]c(C)c1CCC(=O)N1CCc2cc3ccc2C1c1cccc(c1)OCCCNC(=O)c1cncc(c1)O3. The van der Waals surface area contributed by atoms with Crippen LogP contribution in [0.15, 0.2) is 65.7 Å². The summed E-state index contributed by atoms with van der Waals surface area (Å²) in [5.41, 5.74) is 5.37. The Labute approximate surface area is 249 Å². The summed E-state index contributed by atoms with van der Waals surface area (Å²) in [6.07, 6.45) is 5.14. The topological polar surface area (TPSA) is 127 Å². The van der Waals surface area contributed by atoms with E-state index < -0.39 is 0 Å². The summed E-state index contributed by atoms with van der Waals surface area (Å²) >= 11 is 0. The van der Waals surface area contributed by atoms with E-state index in [2.05, 4.69) is 20.3 Å². The molecule has 1 unspecified atom stereocenters. The number of carbonyl (C=O) groups excluding carboxylic acids is 2. The van der Waals surface area contributed by atoms with Crippen LogP contribution in [0.25, 0.3) is 0 Å². The highest BCUT2D eigenvalue weighted by Gasteiger charge is 2.32. The molecular formula is C33H33N5O5. The summed E-state index contributed by atoms with van der Waals surface area (Å²) in [4.78, 5) is 51.2. The second-order valence-electron chi connectivity index (χ2n) is 10.9. The van der Waals surface area contributed by atoms with Gasteiger partial charge in [-0.25, -0.2) is 4.79 Å². The predicted octanol–water partition coefficient (Wildman–Crippen LogP) is 4.19. The molecule has 43 heavy (non-hydrogen) atoms. The van der Waals surface area contributed by atoms with Crippen molar-refractivity contribution >= 4 is 11.8 Å². The number of pyridine rings is 1. The lowest BCUT2D eigenvalue weighted by atomic mass is 9.87. The van der Waals surface area contributed by atoms with Crippen molar-refractivity contribution in [2.24, 2.45) is 0 Å². The molecule has 0 saturated heterocycles. The van der Waals surface area contributed by atoms with Crippen LogP contribution in [-0.2, 0) is 17.6 Å². The van der Waals surface area contributed by atoms with E-state index in [0.29, 0.717) is 67.5 Å². The van der Waals surface area contributed by atoms with Crippen molar-refractivity contribution in [1.82, 2.24) is 25.2 Å². The van der Waals surface area contributed by atoms with E-state index in [1.807, 2.05) is 54.3 Å². The zero-order chi connectivity index (χ0) is 29.9. The molecule has 2 N–H and O–H groups in total. The number of ether oxygens (including phenoxy) is 2. The molecule has 2 aromatic carbocycles. The molecule has 0 spiro atoms. The number of aromatic nitrogens is 3. The Morgan fingerprint density at radius 3 is 2.79 bits per heavy atom. The first kappa shape index (κ1) is 28.1. The predicted molar refractivity (Wildman–Crippen MR) is 160 cm³/mol. The van der Waals surface area contributed by atoms with E-state index in [1.54, 1.807) is 19.2 Å². The average Bonchev–Trinajstić information content (AvgIpc) is 2.99. The summed E-state index contributed by atoms with van der Waals surface area (Å²) in [5.74, 6) is 1.60. The number of nitrogens with one attached hydrogen (secondary N) is 2. The monoisotopic (exact) mass is 579 g/mol. The first-order valence-corrected chi connectivity index (χ1v) is 14.5. The molecule has 7 rings (SSSR count). The van der Waals surface area contributed by atoms with Crippen LogP contribution in [0.5, 0.6) is 17.2 Å². The van der Waals surface area contributed by atoms with Gasteiger partial charge in [0.15, 0.2) is 0 Å². The van der Waals surface area contributed by atoms with Gasteiger partial charge in [0, 0.05) is 37.1 Å². The molecule has 0 saturated carbocycles. The maximum Gasteiger partial charge on any atom is 0.345 e. The molecule has 2 aromatic heterocycles. The van der Waals surface area contributed by atoms with E-state index in [9.17, 15) is 14.4 Å². The van der Waals surface area contributed by atoms with E-state index in [-0.39, 0.29) is 30.0 Å². The highest BCUT2D eigenvalue weighted by molar-refractivity contribution is 5.94. The molecule has 3 aliphatic heterocycles. The molecule has 10 nitrogen and oxygen atoms in total. The van der Waals surface area contributed by atoms with E-state index in [1.165, 1.54) is 6.20 Å². The maximum absolute atomic E-state index is 13.9. The second-order valence-corrected chi connectivity index (χ2v) is 10.9. The van der Waals surface area contributed by atoms with Crippen LogP contribution in [0.2, 0.25) is 0 Å². The van der Waals surface area contributed by atoms with Crippen LogP contribution in [-0.4, -0.2) is 51.4 Å². The Morgan fingerprint density at radius 1 is 1.05 bits per heavy atom. The van der Waals surface area contributed by atoms with Gasteiger partial charge >= 0.3 is 5.69 Å². The Hall–Kier alpha value is -4.99. The van der Waals surface area contributed by atoms with E-state index in [4.69, 9.17) is 9.47 Å². The van der Waals surface area contributed by atoms with Crippen molar-refractivity contribution in [3.8, 4) is 17.2 Å². The first-order valence-electron chi connectivity index (χ1n) is 14.5. The number of fused-ring (bicyclic) bond motifs is 6. The fourth-order valence-electron chi connectivity index (χ4n) is 5.87. The zero-order valence-electron chi connectivity index (χ0n) is 24.2. The van der Waals surface area contributed by atoms with Crippen molar-refractivity contribution < 1.29 is 19.1 Å². The second kappa shape index (κ2) is 12.1. The highest BCUT2D eigenvalue weighted by Crippen LogP contribution is 2.39. The van der Waals surface area contributed by atoms with E-state index >= 15 is 0 Å². The van der Waals surface area contributed by atoms with Gasteiger partial charge in [-0.2, -0.15) is 4.98 Å². The van der Waals surface area contributed by atoms with Gasteiger partial charge in [-0.05, 0) is 85.7 Å². The number of aromatic amines is 1. The highest BCUT2D eigenvalue weighted by atomic mass is 16.5. The van der Waals surface area contributed by atoms with Crippen molar-refractivity contribution in [3.63, 3.8) is 0 Å². The van der Waals surface area contributed by atoms with Crippen molar-refractivity contribution in [2.45, 2.75) is 45.6 Å². The van der Waals surface area contributed by atoms with Crippen molar-refractivity contribution in [2.75, 3.05) is 19.7 Å². The quantitative estimate of drug-likeness (QED) is 0.373. The molecule has 1 atom stereocenters. The number of nitrogens with zero attached hydrogens (tertiary/aromatic N) is 3. The molecule has 5 heterocycles. The number of rotatable bonds is 3. The number of amides is 2. The summed E-state index contributed by atoms with van der Waals surface area (Å²) in [5, 5.41) is 2.90. The average molecular weight is 580 g/mol. The van der Waals surface area contributed by atoms with Crippen LogP contribution >= 0.6 is 0 Å². The molecule has 0 fully saturated rings. The number of hydrogen-bond donors (Lipinski definition) is 2.